The molecule has 241 valence electrons. The minimum atomic E-state index is -1.86. The van der Waals surface area contributed by atoms with Gasteiger partial charge in [-0.15, -0.1) is 23.7 Å². The second-order valence-electron chi connectivity index (χ2n) is 14.0. The molecule has 1 aromatic carbocycles. The number of nitrogens with one attached hydrogen (secondary N) is 3. The van der Waals surface area contributed by atoms with Crippen LogP contribution in [0.3, 0.4) is 0 Å². The van der Waals surface area contributed by atoms with Crippen LogP contribution in [0.2, 0.25) is 23.2 Å². The molecule has 2 aliphatic rings. The largest absolute Gasteiger partial charge is 0.563 e. The Morgan fingerprint density at radius 2 is 1.95 bits per heavy atom. The third kappa shape index (κ3) is 7.26. The molecule has 0 spiro atoms. The molecule has 0 saturated carbocycles. The Bertz CT molecular complexity index is 1530. The molecule has 1 amide bonds. The van der Waals surface area contributed by atoms with Crippen LogP contribution in [-0.4, -0.2) is 59.1 Å². The summed E-state index contributed by atoms with van der Waals surface area (Å²) in [6.45, 7) is 18.7. The van der Waals surface area contributed by atoms with Crippen LogP contribution in [0, 0.1) is 0 Å². The van der Waals surface area contributed by atoms with Crippen molar-refractivity contribution in [1.82, 2.24) is 30.3 Å². The first-order valence-corrected chi connectivity index (χ1v) is 18.6. The molecule has 5 rings (SSSR count). The van der Waals surface area contributed by atoms with Crippen LogP contribution in [0.5, 0.6) is 0 Å². The van der Waals surface area contributed by atoms with Gasteiger partial charge in [0, 0.05) is 47.1 Å². The average molecular weight is 644 g/mol. The first-order valence-electron chi connectivity index (χ1n) is 15.3. The maximum absolute atomic E-state index is 12.9. The van der Waals surface area contributed by atoms with Crippen molar-refractivity contribution in [1.29, 1.82) is 0 Å². The van der Waals surface area contributed by atoms with Gasteiger partial charge in [-0.1, -0.05) is 32.4 Å². The number of anilines is 1. The zero-order valence-electron chi connectivity index (χ0n) is 27.1. The SMILES string of the molecule is CC(C)(C)OC(=O)Nc1cc(Cl)cc2c1c(-c1cnn(C3CCCCO3)c1)cn2C1=CN(CCO[Si-](C)(C)C(C)(C)C)NN1. The normalized spacial score (nSPS) is 18.0. The van der Waals surface area contributed by atoms with Crippen molar-refractivity contribution in [3.63, 3.8) is 0 Å². The zero-order valence-corrected chi connectivity index (χ0v) is 28.8. The highest BCUT2D eigenvalue weighted by Crippen LogP contribution is 2.40. The lowest BCUT2D eigenvalue weighted by atomic mass is 10.1. The van der Waals surface area contributed by atoms with Crippen LogP contribution < -0.4 is 16.3 Å². The van der Waals surface area contributed by atoms with Crippen LogP contribution in [0.4, 0.5) is 10.5 Å². The Balaban J connectivity index is 1.50. The number of nitrogens with zero attached hydrogens (tertiary/aromatic N) is 4. The van der Waals surface area contributed by atoms with Crippen molar-refractivity contribution in [3.8, 4) is 11.1 Å². The van der Waals surface area contributed by atoms with E-state index in [4.69, 9.17) is 25.5 Å². The molecule has 1 saturated heterocycles. The molecule has 44 heavy (non-hydrogen) atoms. The number of halogens is 1. The van der Waals surface area contributed by atoms with Gasteiger partial charge in [-0.05, 0) is 60.5 Å². The van der Waals surface area contributed by atoms with Gasteiger partial charge in [-0.25, -0.2) is 9.48 Å². The van der Waals surface area contributed by atoms with Gasteiger partial charge in [0.1, 0.15) is 17.6 Å². The number of hydrogen-bond acceptors (Lipinski definition) is 8. The minimum Gasteiger partial charge on any atom is -0.563 e. The Morgan fingerprint density at radius 3 is 2.64 bits per heavy atom. The van der Waals surface area contributed by atoms with Crippen LogP contribution >= 0.6 is 11.6 Å². The van der Waals surface area contributed by atoms with Crippen molar-refractivity contribution in [3.05, 3.63) is 41.9 Å². The second-order valence-corrected chi connectivity index (χ2v) is 19.2. The van der Waals surface area contributed by atoms with Gasteiger partial charge < -0.3 is 13.9 Å². The molecular weight excluding hydrogens is 598 g/mol. The molecule has 0 aliphatic carbocycles. The Kier molecular flexibility index (Phi) is 9.12. The lowest BCUT2D eigenvalue weighted by Gasteiger charge is -2.48. The number of carbonyl (C=O) groups is 1. The van der Waals surface area contributed by atoms with Crippen LogP contribution in [0.1, 0.15) is 67.0 Å². The number of fused-ring (bicyclic) bond motifs is 1. The molecule has 1 atom stereocenters. The van der Waals surface area contributed by atoms with E-state index in [1.807, 2.05) is 65.9 Å². The number of rotatable bonds is 8. The highest BCUT2D eigenvalue weighted by atomic mass is 35.5. The van der Waals surface area contributed by atoms with Gasteiger partial charge in [0.2, 0.25) is 0 Å². The van der Waals surface area contributed by atoms with Gasteiger partial charge in [0.15, 0.2) is 0 Å². The number of hydrazine groups is 2. The van der Waals surface area contributed by atoms with Crippen molar-refractivity contribution in [2.75, 3.05) is 25.1 Å². The average Bonchev–Trinajstić information content (AvgIpc) is 3.66. The molecule has 4 heterocycles. The summed E-state index contributed by atoms with van der Waals surface area (Å²) in [7, 11) is -1.86. The second kappa shape index (κ2) is 12.4. The Labute approximate surface area is 265 Å². The molecule has 1 fully saturated rings. The van der Waals surface area contributed by atoms with E-state index in [1.165, 1.54) is 0 Å². The molecule has 3 aromatic rings. The van der Waals surface area contributed by atoms with Crippen molar-refractivity contribution >= 4 is 48.4 Å². The van der Waals surface area contributed by atoms with Crippen LogP contribution in [0.15, 0.2) is 36.9 Å². The summed E-state index contributed by atoms with van der Waals surface area (Å²) < 4.78 is 21.8. The number of amides is 1. The van der Waals surface area contributed by atoms with Gasteiger partial charge >= 0.3 is 6.09 Å². The highest BCUT2D eigenvalue weighted by molar-refractivity contribution is 6.74. The molecule has 0 bridgehead atoms. The lowest BCUT2D eigenvalue weighted by molar-refractivity contribution is -0.0394. The number of aromatic nitrogens is 3. The zero-order chi connectivity index (χ0) is 31.9. The quantitative estimate of drug-likeness (QED) is 0.220. The monoisotopic (exact) mass is 643 g/mol. The van der Waals surface area contributed by atoms with Gasteiger partial charge in [0.05, 0.1) is 30.1 Å². The summed E-state index contributed by atoms with van der Waals surface area (Å²) in [4.78, 5) is 12.9. The molecule has 3 N–H and O–H groups in total. The van der Waals surface area contributed by atoms with Gasteiger partial charge in [0.25, 0.3) is 0 Å². The molecule has 2 aliphatic heterocycles. The predicted octanol–water partition coefficient (Wildman–Crippen LogP) is 7.31. The van der Waals surface area contributed by atoms with E-state index in [2.05, 4.69) is 55.2 Å². The molecular formula is C31H46ClN7O4Si-. The molecule has 13 heteroatoms. The number of hydrogen-bond donors (Lipinski definition) is 3. The fourth-order valence-electron chi connectivity index (χ4n) is 5.03. The lowest BCUT2D eigenvalue weighted by Crippen LogP contribution is -2.44. The first-order chi connectivity index (χ1) is 20.6. The van der Waals surface area contributed by atoms with E-state index in [-0.39, 0.29) is 11.3 Å². The van der Waals surface area contributed by atoms with E-state index in [0.29, 0.717) is 23.9 Å². The minimum absolute atomic E-state index is 0.0924. The third-order valence-corrected chi connectivity index (χ3v) is 13.1. The van der Waals surface area contributed by atoms with E-state index in [1.54, 1.807) is 6.07 Å². The van der Waals surface area contributed by atoms with Gasteiger partial charge in [-0.3, -0.25) is 20.3 Å². The Morgan fingerprint density at radius 1 is 1.18 bits per heavy atom. The molecule has 11 nitrogen and oxygen atoms in total. The van der Waals surface area contributed by atoms with E-state index in [0.717, 1.165) is 53.7 Å². The van der Waals surface area contributed by atoms with E-state index in [9.17, 15) is 4.79 Å². The van der Waals surface area contributed by atoms with E-state index >= 15 is 0 Å². The number of benzene rings is 1. The summed E-state index contributed by atoms with van der Waals surface area (Å²) in [5.41, 5.74) is 8.98. The Hall–Kier alpha value is -3.03. The molecule has 2 aromatic heterocycles. The van der Waals surface area contributed by atoms with Crippen molar-refractivity contribution in [2.24, 2.45) is 0 Å². The van der Waals surface area contributed by atoms with Crippen LogP contribution in [0.25, 0.3) is 27.9 Å². The fourth-order valence-corrected chi connectivity index (χ4v) is 6.27. The van der Waals surface area contributed by atoms with E-state index < -0.39 is 20.0 Å². The van der Waals surface area contributed by atoms with Crippen molar-refractivity contribution < 1.29 is 18.7 Å². The summed E-state index contributed by atoms with van der Waals surface area (Å²) in [5.74, 6) is 0.794. The standard InChI is InChI=1S/C31H46ClN7O4Si/c1-30(2,3)43-29(40)34-24-15-22(32)16-25-28(24)23(21-17-33-39(18-21)27-11-9-10-13-41-27)19-38(25)26-20-37(36-35-26)12-14-42-44(7,8)31(4,5)6/h15-20,27,35-36H,9-14H2,1-8H3,(H,34,40)/q-1. The summed E-state index contributed by atoms with van der Waals surface area (Å²) >= 11 is 6.64. The predicted molar refractivity (Wildman–Crippen MR) is 177 cm³/mol. The highest BCUT2D eigenvalue weighted by Gasteiger charge is 2.26. The summed E-state index contributed by atoms with van der Waals surface area (Å²) in [5, 5.41) is 11.0. The first kappa shape index (κ1) is 32.4. The van der Waals surface area contributed by atoms with Crippen molar-refractivity contribution in [2.45, 2.75) is 90.8 Å². The summed E-state index contributed by atoms with van der Waals surface area (Å²) in [6.07, 6.45) is 10.3. The molecule has 0 radical (unpaired) electrons. The molecule has 1 unspecified atom stereocenters. The van der Waals surface area contributed by atoms with Crippen LogP contribution in [-0.2, 0) is 13.9 Å². The topological polar surface area (TPSA) is 107 Å². The maximum Gasteiger partial charge on any atom is 0.412 e. The number of carbonyl (C=O) groups excluding carboxylic acids is 1. The number of ether oxygens (including phenoxy) is 2. The fraction of sp³-hybridized carbons (Fsp3) is 0.548. The summed E-state index contributed by atoms with van der Waals surface area (Å²) in [6, 6.07) is 3.64. The third-order valence-electron chi connectivity index (χ3n) is 8.33. The smallest absolute Gasteiger partial charge is 0.412 e. The van der Waals surface area contributed by atoms with Gasteiger partial charge in [-0.2, -0.15) is 5.10 Å². The maximum atomic E-state index is 12.9.